The summed E-state index contributed by atoms with van der Waals surface area (Å²) in [6.45, 7) is 3.73. The minimum Gasteiger partial charge on any atom is -0.495 e. The van der Waals surface area contributed by atoms with E-state index in [1.807, 2.05) is 19.9 Å². The number of hydrogen-bond donors (Lipinski definition) is 1. The van der Waals surface area contributed by atoms with Crippen molar-refractivity contribution in [3.05, 3.63) is 68.5 Å². The zero-order valence-corrected chi connectivity index (χ0v) is 14.7. The summed E-state index contributed by atoms with van der Waals surface area (Å²) in [5.74, 6) is -0.182. The Hall–Kier alpha value is -2.79. The van der Waals surface area contributed by atoms with Crippen LogP contribution in [0.25, 0.3) is 11.0 Å². The summed E-state index contributed by atoms with van der Waals surface area (Å²) in [5.41, 5.74) is 2.28. The standard InChI is InChI=1S/C19H16ClNO4/c1-10-6-11(2)18-13(7-10)15(22)9-17(25-18)19(23)21-14-8-12(20)4-5-16(14)24-3/h4-9H,1-3H3,(H,21,23). The molecule has 1 amide bonds. The summed E-state index contributed by atoms with van der Waals surface area (Å²) < 4.78 is 10.9. The molecule has 3 aromatic rings. The molecule has 0 aliphatic carbocycles. The first-order valence-electron chi connectivity index (χ1n) is 7.59. The highest BCUT2D eigenvalue weighted by Crippen LogP contribution is 2.28. The van der Waals surface area contributed by atoms with Gasteiger partial charge in [0.2, 0.25) is 0 Å². The van der Waals surface area contributed by atoms with Gasteiger partial charge in [-0.2, -0.15) is 0 Å². The first kappa shape index (κ1) is 17.0. The number of amides is 1. The first-order chi connectivity index (χ1) is 11.9. The van der Waals surface area contributed by atoms with Gasteiger partial charge in [-0.15, -0.1) is 0 Å². The number of nitrogens with one attached hydrogen (secondary N) is 1. The van der Waals surface area contributed by atoms with Crippen LogP contribution in [0.5, 0.6) is 5.75 Å². The van der Waals surface area contributed by atoms with E-state index in [4.69, 9.17) is 20.8 Å². The van der Waals surface area contributed by atoms with Gasteiger partial charge in [0.05, 0.1) is 18.2 Å². The molecule has 0 aliphatic rings. The van der Waals surface area contributed by atoms with Crippen molar-refractivity contribution in [1.29, 1.82) is 0 Å². The fourth-order valence-electron chi connectivity index (χ4n) is 2.68. The van der Waals surface area contributed by atoms with Crippen LogP contribution in [-0.4, -0.2) is 13.0 Å². The van der Waals surface area contributed by atoms with Crippen molar-refractivity contribution in [1.82, 2.24) is 0 Å². The Bertz CT molecular complexity index is 1040. The molecule has 25 heavy (non-hydrogen) atoms. The summed E-state index contributed by atoms with van der Waals surface area (Å²) in [6.07, 6.45) is 0. The summed E-state index contributed by atoms with van der Waals surface area (Å²) in [6, 6.07) is 9.68. The minimum atomic E-state index is -0.556. The van der Waals surface area contributed by atoms with E-state index in [0.717, 1.165) is 11.1 Å². The third-order valence-corrected chi connectivity index (χ3v) is 4.03. The Morgan fingerprint density at radius 1 is 1.16 bits per heavy atom. The molecule has 6 heteroatoms. The Kier molecular flexibility index (Phi) is 4.51. The second-order valence-corrected chi connectivity index (χ2v) is 6.17. The minimum absolute atomic E-state index is 0.0773. The predicted molar refractivity (Wildman–Crippen MR) is 97.9 cm³/mol. The van der Waals surface area contributed by atoms with E-state index in [2.05, 4.69) is 5.32 Å². The second-order valence-electron chi connectivity index (χ2n) is 5.73. The van der Waals surface area contributed by atoms with Crippen LogP contribution in [0, 0.1) is 13.8 Å². The molecule has 5 nitrogen and oxygen atoms in total. The van der Waals surface area contributed by atoms with Gasteiger partial charge in [-0.3, -0.25) is 9.59 Å². The van der Waals surface area contributed by atoms with Crippen molar-refractivity contribution in [2.75, 3.05) is 12.4 Å². The zero-order chi connectivity index (χ0) is 18.1. The van der Waals surface area contributed by atoms with Gasteiger partial charge in [0.25, 0.3) is 5.91 Å². The van der Waals surface area contributed by atoms with Crippen LogP contribution in [-0.2, 0) is 0 Å². The van der Waals surface area contributed by atoms with Crippen molar-refractivity contribution < 1.29 is 13.9 Å². The number of ether oxygens (including phenoxy) is 1. The Labute approximate surface area is 149 Å². The fourth-order valence-corrected chi connectivity index (χ4v) is 2.85. The molecule has 0 fully saturated rings. The van der Waals surface area contributed by atoms with E-state index in [-0.39, 0.29) is 11.2 Å². The number of aryl methyl sites for hydroxylation is 2. The van der Waals surface area contributed by atoms with Crippen LogP contribution in [0.3, 0.4) is 0 Å². The lowest BCUT2D eigenvalue weighted by Crippen LogP contribution is -2.15. The second kappa shape index (κ2) is 6.61. The van der Waals surface area contributed by atoms with Gasteiger partial charge in [0, 0.05) is 11.1 Å². The summed E-state index contributed by atoms with van der Waals surface area (Å²) in [7, 11) is 1.49. The molecule has 0 saturated carbocycles. The molecule has 0 spiro atoms. The molecule has 128 valence electrons. The highest BCUT2D eigenvalue weighted by atomic mass is 35.5. The van der Waals surface area contributed by atoms with Crippen LogP contribution < -0.4 is 15.5 Å². The zero-order valence-electron chi connectivity index (χ0n) is 14.0. The monoisotopic (exact) mass is 357 g/mol. The number of rotatable bonds is 3. The van der Waals surface area contributed by atoms with Crippen LogP contribution >= 0.6 is 11.6 Å². The first-order valence-corrected chi connectivity index (χ1v) is 7.97. The van der Waals surface area contributed by atoms with Gasteiger partial charge in [0.15, 0.2) is 11.2 Å². The molecule has 0 unspecified atom stereocenters. The van der Waals surface area contributed by atoms with Crippen molar-refractivity contribution in [3.8, 4) is 5.75 Å². The number of hydrogen-bond acceptors (Lipinski definition) is 4. The van der Waals surface area contributed by atoms with E-state index in [0.29, 0.717) is 27.4 Å². The number of carbonyl (C=O) groups excluding carboxylic acids is 1. The van der Waals surface area contributed by atoms with Gasteiger partial charge in [-0.05, 0) is 49.2 Å². The van der Waals surface area contributed by atoms with Crippen LogP contribution in [0.15, 0.2) is 45.6 Å². The molecule has 0 atom stereocenters. The largest absolute Gasteiger partial charge is 0.495 e. The van der Waals surface area contributed by atoms with E-state index in [1.165, 1.54) is 13.2 Å². The Morgan fingerprint density at radius 2 is 1.92 bits per heavy atom. The summed E-state index contributed by atoms with van der Waals surface area (Å²) in [5, 5.41) is 3.56. The summed E-state index contributed by atoms with van der Waals surface area (Å²) in [4.78, 5) is 24.9. The molecule has 3 rings (SSSR count). The van der Waals surface area contributed by atoms with Crippen molar-refractivity contribution >= 4 is 34.2 Å². The molecule has 1 N–H and O–H groups in total. The van der Waals surface area contributed by atoms with Crippen LogP contribution in [0.1, 0.15) is 21.7 Å². The maximum Gasteiger partial charge on any atom is 0.291 e. The van der Waals surface area contributed by atoms with Crippen molar-refractivity contribution in [3.63, 3.8) is 0 Å². The van der Waals surface area contributed by atoms with Gasteiger partial charge >= 0.3 is 0 Å². The number of fused-ring (bicyclic) bond motifs is 1. The number of anilines is 1. The highest BCUT2D eigenvalue weighted by molar-refractivity contribution is 6.31. The Morgan fingerprint density at radius 3 is 2.64 bits per heavy atom. The molecule has 1 heterocycles. The molecule has 1 aromatic heterocycles. The number of methoxy groups -OCH3 is 1. The molecule has 0 bridgehead atoms. The molecule has 2 aromatic carbocycles. The molecular weight excluding hydrogens is 342 g/mol. The highest BCUT2D eigenvalue weighted by Gasteiger charge is 2.16. The van der Waals surface area contributed by atoms with Gasteiger partial charge in [-0.1, -0.05) is 17.7 Å². The van der Waals surface area contributed by atoms with Gasteiger partial charge in [-0.25, -0.2) is 0 Å². The molecule has 0 aliphatic heterocycles. The topological polar surface area (TPSA) is 68.5 Å². The number of halogens is 1. The molecular formula is C19H16ClNO4. The average molecular weight is 358 g/mol. The molecule has 0 radical (unpaired) electrons. The van der Waals surface area contributed by atoms with E-state index < -0.39 is 5.91 Å². The molecule has 0 saturated heterocycles. The SMILES string of the molecule is COc1ccc(Cl)cc1NC(=O)c1cc(=O)c2cc(C)cc(C)c2o1. The van der Waals surface area contributed by atoms with E-state index in [9.17, 15) is 9.59 Å². The smallest absolute Gasteiger partial charge is 0.291 e. The normalized spacial score (nSPS) is 10.7. The fraction of sp³-hybridized carbons (Fsp3) is 0.158. The summed E-state index contributed by atoms with van der Waals surface area (Å²) >= 11 is 5.96. The third-order valence-electron chi connectivity index (χ3n) is 3.79. The van der Waals surface area contributed by atoms with Gasteiger partial charge < -0.3 is 14.5 Å². The Balaban J connectivity index is 2.04. The predicted octanol–water partition coefficient (Wildman–Crippen LogP) is 4.32. The maximum absolute atomic E-state index is 12.5. The lowest BCUT2D eigenvalue weighted by molar-refractivity contribution is 0.0997. The average Bonchev–Trinajstić information content (AvgIpc) is 2.55. The van der Waals surface area contributed by atoms with Gasteiger partial charge in [0.1, 0.15) is 11.3 Å². The van der Waals surface area contributed by atoms with Crippen molar-refractivity contribution in [2.24, 2.45) is 0 Å². The number of carbonyl (C=O) groups is 1. The lowest BCUT2D eigenvalue weighted by Gasteiger charge is -2.11. The van der Waals surface area contributed by atoms with E-state index in [1.54, 1.807) is 24.3 Å². The maximum atomic E-state index is 12.5. The van der Waals surface area contributed by atoms with Crippen molar-refractivity contribution in [2.45, 2.75) is 13.8 Å². The van der Waals surface area contributed by atoms with Crippen LogP contribution in [0.4, 0.5) is 5.69 Å². The third kappa shape index (κ3) is 3.37. The quantitative estimate of drug-likeness (QED) is 0.757. The number of benzene rings is 2. The van der Waals surface area contributed by atoms with E-state index >= 15 is 0 Å². The lowest BCUT2D eigenvalue weighted by atomic mass is 10.1. The van der Waals surface area contributed by atoms with Crippen LogP contribution in [0.2, 0.25) is 5.02 Å².